The fourth-order valence-electron chi connectivity index (χ4n) is 3.12. The van der Waals surface area contributed by atoms with Gasteiger partial charge in [0.15, 0.2) is 0 Å². The van der Waals surface area contributed by atoms with Crippen molar-refractivity contribution in [1.29, 1.82) is 0 Å². The highest BCUT2D eigenvalue weighted by Gasteiger charge is 2.70. The molecule has 0 aromatic rings. The fraction of sp³-hybridized carbons (Fsp3) is 0.833. The number of rotatable bonds is 3. The van der Waals surface area contributed by atoms with Gasteiger partial charge in [-0.1, -0.05) is 0 Å². The SMILES string of the molecule is COC(=O)[C@@H]1[C@H]2[C@H](OC(C)=O)[C@@H](OC)[C@H](O)[C@H](O)[C@@H]12. The maximum atomic E-state index is 11.6. The van der Waals surface area contributed by atoms with E-state index in [9.17, 15) is 19.8 Å². The molecule has 108 valence electrons. The minimum atomic E-state index is -1.20. The summed E-state index contributed by atoms with van der Waals surface area (Å²) in [6, 6.07) is 0. The quantitative estimate of drug-likeness (QED) is 0.617. The van der Waals surface area contributed by atoms with Crippen molar-refractivity contribution in [3.8, 4) is 0 Å². The summed E-state index contributed by atoms with van der Waals surface area (Å²) in [7, 11) is 2.61. The first-order chi connectivity index (χ1) is 8.93. The Morgan fingerprint density at radius 2 is 1.63 bits per heavy atom. The first kappa shape index (κ1) is 14.2. The molecule has 0 bridgehead atoms. The number of ether oxygens (including phenoxy) is 3. The Morgan fingerprint density at radius 1 is 1.00 bits per heavy atom. The lowest BCUT2D eigenvalue weighted by Gasteiger charge is -2.35. The lowest BCUT2D eigenvalue weighted by atomic mass is 9.89. The summed E-state index contributed by atoms with van der Waals surface area (Å²) in [5, 5.41) is 19.9. The van der Waals surface area contributed by atoms with Crippen LogP contribution in [0.1, 0.15) is 6.92 Å². The molecule has 0 aliphatic heterocycles. The topological polar surface area (TPSA) is 102 Å². The van der Waals surface area contributed by atoms with E-state index in [1.165, 1.54) is 21.1 Å². The van der Waals surface area contributed by atoms with E-state index < -0.39 is 48.2 Å². The maximum absolute atomic E-state index is 11.6. The van der Waals surface area contributed by atoms with Crippen LogP contribution in [-0.4, -0.2) is 60.8 Å². The van der Waals surface area contributed by atoms with Crippen molar-refractivity contribution in [3.63, 3.8) is 0 Å². The van der Waals surface area contributed by atoms with Gasteiger partial charge in [-0.3, -0.25) is 9.59 Å². The van der Waals surface area contributed by atoms with Gasteiger partial charge in [-0.15, -0.1) is 0 Å². The molecular formula is C12H18O7. The van der Waals surface area contributed by atoms with Crippen molar-refractivity contribution in [2.75, 3.05) is 14.2 Å². The van der Waals surface area contributed by atoms with Crippen LogP contribution in [0.15, 0.2) is 0 Å². The number of aliphatic hydroxyl groups is 2. The van der Waals surface area contributed by atoms with Gasteiger partial charge < -0.3 is 24.4 Å². The summed E-state index contributed by atoms with van der Waals surface area (Å²) in [5.41, 5.74) is 0. The standard InChI is InChI=1S/C12H18O7/c1-4(13)19-10-6-5(7(6)12(16)18-3)8(14)9(15)11(10)17-2/h5-11,14-15H,1-3H3/t5-,6+,7+,8-,9-,10+,11+/m1/s1. The van der Waals surface area contributed by atoms with E-state index in [1.807, 2.05) is 0 Å². The zero-order valence-electron chi connectivity index (χ0n) is 11.0. The first-order valence-corrected chi connectivity index (χ1v) is 6.08. The molecule has 2 aliphatic carbocycles. The van der Waals surface area contributed by atoms with Gasteiger partial charge in [0.25, 0.3) is 0 Å². The van der Waals surface area contributed by atoms with Crippen LogP contribution in [0.25, 0.3) is 0 Å². The van der Waals surface area contributed by atoms with Crippen LogP contribution in [0.4, 0.5) is 0 Å². The van der Waals surface area contributed by atoms with Gasteiger partial charge >= 0.3 is 11.9 Å². The molecular weight excluding hydrogens is 256 g/mol. The molecule has 0 unspecified atom stereocenters. The lowest BCUT2D eigenvalue weighted by molar-refractivity contribution is -0.182. The van der Waals surface area contributed by atoms with Gasteiger partial charge in [0.2, 0.25) is 0 Å². The third kappa shape index (κ3) is 2.22. The molecule has 7 nitrogen and oxygen atoms in total. The molecule has 0 saturated heterocycles. The van der Waals surface area contributed by atoms with E-state index in [-0.39, 0.29) is 5.92 Å². The van der Waals surface area contributed by atoms with Gasteiger partial charge in [0, 0.05) is 25.9 Å². The predicted octanol–water partition coefficient (Wildman–Crippen LogP) is -1.30. The fourth-order valence-corrected chi connectivity index (χ4v) is 3.12. The molecule has 2 N–H and O–H groups in total. The first-order valence-electron chi connectivity index (χ1n) is 6.08. The molecule has 0 aromatic heterocycles. The summed E-state index contributed by atoms with van der Waals surface area (Å²) in [5.74, 6) is -2.41. The van der Waals surface area contributed by atoms with Crippen molar-refractivity contribution in [3.05, 3.63) is 0 Å². The Labute approximate surface area is 110 Å². The largest absolute Gasteiger partial charge is 0.469 e. The second-order valence-electron chi connectivity index (χ2n) is 4.96. The number of esters is 2. The number of fused-ring (bicyclic) bond motifs is 1. The van der Waals surface area contributed by atoms with Crippen LogP contribution >= 0.6 is 0 Å². The second-order valence-corrected chi connectivity index (χ2v) is 4.96. The van der Waals surface area contributed by atoms with Crippen LogP contribution in [0.3, 0.4) is 0 Å². The molecule has 2 aliphatic rings. The average molecular weight is 274 g/mol. The summed E-state index contributed by atoms with van der Waals surface area (Å²) in [6.45, 7) is 1.24. The lowest BCUT2D eigenvalue weighted by Crippen LogP contribution is -2.53. The highest BCUT2D eigenvalue weighted by Crippen LogP contribution is 2.57. The molecule has 19 heavy (non-hydrogen) atoms. The van der Waals surface area contributed by atoms with Crippen LogP contribution in [0, 0.1) is 17.8 Å². The summed E-state index contributed by atoms with van der Waals surface area (Å²) in [4.78, 5) is 22.8. The summed E-state index contributed by atoms with van der Waals surface area (Å²) >= 11 is 0. The van der Waals surface area contributed by atoms with Gasteiger partial charge in [-0.25, -0.2) is 0 Å². The van der Waals surface area contributed by atoms with Crippen molar-refractivity contribution < 1.29 is 34.0 Å². The minimum absolute atomic E-state index is 0.375. The van der Waals surface area contributed by atoms with E-state index in [0.29, 0.717) is 0 Å². The second kappa shape index (κ2) is 5.07. The molecule has 0 radical (unpaired) electrons. The number of hydrogen-bond donors (Lipinski definition) is 2. The average Bonchev–Trinajstić information content (AvgIpc) is 3.10. The number of hydrogen-bond acceptors (Lipinski definition) is 7. The molecule has 2 saturated carbocycles. The summed E-state index contributed by atoms with van der Waals surface area (Å²) < 4.78 is 14.9. The zero-order chi connectivity index (χ0) is 14.3. The third-order valence-electron chi connectivity index (χ3n) is 3.96. The molecule has 2 fully saturated rings. The van der Waals surface area contributed by atoms with E-state index >= 15 is 0 Å². The summed E-state index contributed by atoms with van der Waals surface area (Å²) in [6.07, 6.45) is -3.90. The van der Waals surface area contributed by atoms with Gasteiger partial charge in [0.1, 0.15) is 18.3 Å². The highest BCUT2D eigenvalue weighted by molar-refractivity contribution is 5.77. The number of carbonyl (C=O) groups is 2. The molecule has 0 amide bonds. The van der Waals surface area contributed by atoms with E-state index in [0.717, 1.165) is 0 Å². The van der Waals surface area contributed by atoms with Crippen LogP contribution in [0.2, 0.25) is 0 Å². The Balaban J connectivity index is 2.24. The Hall–Kier alpha value is -1.18. The van der Waals surface area contributed by atoms with Gasteiger partial charge in [0.05, 0.1) is 19.1 Å². The van der Waals surface area contributed by atoms with Crippen LogP contribution < -0.4 is 0 Å². The molecule has 0 spiro atoms. The smallest absolute Gasteiger partial charge is 0.309 e. The van der Waals surface area contributed by atoms with Crippen LogP contribution in [-0.2, 0) is 23.8 Å². The third-order valence-corrected chi connectivity index (χ3v) is 3.96. The Morgan fingerprint density at radius 3 is 2.11 bits per heavy atom. The monoisotopic (exact) mass is 274 g/mol. The van der Waals surface area contributed by atoms with Crippen molar-refractivity contribution in [2.45, 2.75) is 31.3 Å². The number of aliphatic hydroxyl groups excluding tert-OH is 2. The molecule has 7 atom stereocenters. The molecule has 2 rings (SSSR count). The van der Waals surface area contributed by atoms with E-state index in [4.69, 9.17) is 9.47 Å². The normalized spacial score (nSPS) is 44.2. The van der Waals surface area contributed by atoms with E-state index in [1.54, 1.807) is 0 Å². The van der Waals surface area contributed by atoms with Crippen molar-refractivity contribution in [2.24, 2.45) is 17.8 Å². The van der Waals surface area contributed by atoms with Crippen molar-refractivity contribution >= 4 is 11.9 Å². The number of methoxy groups -OCH3 is 2. The highest BCUT2D eigenvalue weighted by atomic mass is 16.6. The van der Waals surface area contributed by atoms with Crippen molar-refractivity contribution in [1.82, 2.24) is 0 Å². The van der Waals surface area contributed by atoms with Gasteiger partial charge in [-0.2, -0.15) is 0 Å². The zero-order valence-corrected chi connectivity index (χ0v) is 11.0. The number of carbonyl (C=O) groups excluding carboxylic acids is 2. The molecule has 7 heteroatoms. The van der Waals surface area contributed by atoms with E-state index in [2.05, 4.69) is 4.74 Å². The molecule has 0 heterocycles. The Bertz CT molecular complexity index is 382. The maximum Gasteiger partial charge on any atom is 0.309 e. The van der Waals surface area contributed by atoms with Gasteiger partial charge in [-0.05, 0) is 0 Å². The molecule has 0 aromatic carbocycles. The minimum Gasteiger partial charge on any atom is -0.469 e. The Kier molecular flexibility index (Phi) is 3.80. The van der Waals surface area contributed by atoms with Crippen LogP contribution in [0.5, 0.6) is 0 Å². The predicted molar refractivity (Wildman–Crippen MR) is 60.9 cm³/mol.